The number of nitrogens with zero attached hydrogens (tertiary/aromatic N) is 1. The van der Waals surface area contributed by atoms with E-state index in [2.05, 4.69) is 20.9 Å². The molecular weight excluding hydrogens is 550 g/mol. The molecule has 0 aromatic heterocycles. The molecule has 1 aliphatic rings. The van der Waals surface area contributed by atoms with Crippen LogP contribution in [0.1, 0.15) is 24.8 Å². The summed E-state index contributed by atoms with van der Waals surface area (Å²) in [5.41, 5.74) is 1.04. The maximum atomic E-state index is 11.9. The molecule has 1 aliphatic heterocycles. The van der Waals surface area contributed by atoms with Crippen LogP contribution in [0.2, 0.25) is 10.0 Å². The molecule has 1 heterocycles. The third-order valence-electron chi connectivity index (χ3n) is 4.40. The molecule has 2 rings (SSSR count). The van der Waals surface area contributed by atoms with Gasteiger partial charge in [0.25, 0.3) is 0 Å². The molecule has 1 atom stereocenters. The fourth-order valence-corrected chi connectivity index (χ4v) is 5.11. The lowest BCUT2D eigenvalue weighted by molar-refractivity contribution is -0.121. The number of halogens is 3. The summed E-state index contributed by atoms with van der Waals surface area (Å²) >= 11 is 12.1. The summed E-state index contributed by atoms with van der Waals surface area (Å²) in [5, 5.41) is 10.3. The Bertz CT molecular complexity index is 821. The van der Waals surface area contributed by atoms with E-state index in [1.54, 1.807) is 13.1 Å². The van der Waals surface area contributed by atoms with Gasteiger partial charge in [0.05, 0.1) is 11.5 Å². The number of carbonyl (C=O) groups is 1. The van der Waals surface area contributed by atoms with Gasteiger partial charge >= 0.3 is 0 Å². The molecule has 0 saturated carbocycles. The molecule has 0 spiro atoms. The fraction of sp³-hybridized carbons (Fsp3) is 0.556. The van der Waals surface area contributed by atoms with Crippen molar-refractivity contribution in [3.05, 3.63) is 33.8 Å². The van der Waals surface area contributed by atoms with Crippen molar-refractivity contribution in [3.8, 4) is 0 Å². The monoisotopic (exact) mass is 576 g/mol. The fourth-order valence-electron chi connectivity index (χ4n) is 2.93. The van der Waals surface area contributed by atoms with Crippen LogP contribution in [0.25, 0.3) is 0 Å². The lowest BCUT2D eigenvalue weighted by atomic mass is 10.1. The quantitative estimate of drug-likeness (QED) is 0.191. The highest BCUT2D eigenvalue weighted by atomic mass is 127. The smallest absolute Gasteiger partial charge is 0.222 e. The van der Waals surface area contributed by atoms with Gasteiger partial charge in [-0.05, 0) is 37.0 Å². The normalized spacial score (nSPS) is 18.0. The summed E-state index contributed by atoms with van der Waals surface area (Å²) < 4.78 is 22.8. The molecule has 1 fully saturated rings. The first-order chi connectivity index (χ1) is 13.3. The Kier molecular flexibility index (Phi) is 11.6. The molecule has 7 nitrogen and oxygen atoms in total. The highest BCUT2D eigenvalue weighted by Crippen LogP contribution is 2.21. The lowest BCUT2D eigenvalue weighted by Crippen LogP contribution is -2.41. The number of hydrogen-bond acceptors (Lipinski definition) is 4. The van der Waals surface area contributed by atoms with Crippen molar-refractivity contribution in [1.82, 2.24) is 16.0 Å². The van der Waals surface area contributed by atoms with E-state index in [0.717, 1.165) is 18.4 Å². The molecule has 1 unspecified atom stereocenters. The molecule has 0 aliphatic carbocycles. The molecule has 0 bridgehead atoms. The van der Waals surface area contributed by atoms with Crippen LogP contribution in [-0.4, -0.2) is 58.0 Å². The van der Waals surface area contributed by atoms with E-state index >= 15 is 0 Å². The van der Waals surface area contributed by atoms with Gasteiger partial charge in [0.1, 0.15) is 0 Å². The SMILES string of the molecule is CN=C(NCCCc1ccc(Cl)cc1Cl)NCCC(=O)NC1CCS(=O)(=O)C1.I. The van der Waals surface area contributed by atoms with E-state index in [9.17, 15) is 13.2 Å². The number of amides is 1. The Morgan fingerprint density at radius 3 is 2.59 bits per heavy atom. The second kappa shape index (κ2) is 12.8. The van der Waals surface area contributed by atoms with Crippen LogP contribution in [0.5, 0.6) is 0 Å². The van der Waals surface area contributed by atoms with Crippen LogP contribution in [0, 0.1) is 0 Å². The average Bonchev–Trinajstić information content (AvgIpc) is 2.96. The van der Waals surface area contributed by atoms with Crippen molar-refractivity contribution in [2.75, 3.05) is 31.6 Å². The zero-order chi connectivity index (χ0) is 20.6. The van der Waals surface area contributed by atoms with Crippen LogP contribution in [0.4, 0.5) is 0 Å². The Hall–Kier alpha value is -0.780. The molecule has 1 saturated heterocycles. The number of hydrogen-bond donors (Lipinski definition) is 3. The van der Waals surface area contributed by atoms with E-state index < -0.39 is 9.84 Å². The first-order valence-corrected chi connectivity index (χ1v) is 11.7. The largest absolute Gasteiger partial charge is 0.356 e. The molecule has 11 heteroatoms. The zero-order valence-electron chi connectivity index (χ0n) is 16.2. The van der Waals surface area contributed by atoms with Crippen molar-refractivity contribution in [2.24, 2.45) is 4.99 Å². The van der Waals surface area contributed by atoms with Gasteiger partial charge in [-0.15, -0.1) is 24.0 Å². The first kappa shape index (κ1) is 26.3. The number of aliphatic imine (C=N–C) groups is 1. The third-order valence-corrected chi connectivity index (χ3v) is 6.75. The number of rotatable bonds is 8. The summed E-state index contributed by atoms with van der Waals surface area (Å²) in [6, 6.07) is 5.21. The lowest BCUT2D eigenvalue weighted by Gasteiger charge is -2.13. The number of nitrogens with one attached hydrogen (secondary N) is 3. The molecule has 1 aromatic rings. The molecule has 0 radical (unpaired) electrons. The Labute approximate surface area is 199 Å². The second-order valence-electron chi connectivity index (χ2n) is 6.68. The van der Waals surface area contributed by atoms with Crippen LogP contribution in [0.15, 0.2) is 23.2 Å². The van der Waals surface area contributed by atoms with Crippen LogP contribution in [0.3, 0.4) is 0 Å². The van der Waals surface area contributed by atoms with E-state index in [-0.39, 0.29) is 53.9 Å². The molecular formula is C18H27Cl2IN4O3S. The van der Waals surface area contributed by atoms with Crippen molar-refractivity contribution >= 4 is 68.9 Å². The first-order valence-electron chi connectivity index (χ1n) is 9.17. The summed E-state index contributed by atoms with van der Waals surface area (Å²) in [6.45, 7) is 1.11. The van der Waals surface area contributed by atoms with E-state index in [1.165, 1.54) is 0 Å². The summed E-state index contributed by atoms with van der Waals surface area (Å²) in [7, 11) is -1.33. The maximum absolute atomic E-state index is 11.9. The van der Waals surface area contributed by atoms with Crippen molar-refractivity contribution in [2.45, 2.75) is 31.7 Å². The average molecular weight is 577 g/mol. The van der Waals surface area contributed by atoms with Crippen molar-refractivity contribution < 1.29 is 13.2 Å². The molecule has 1 aromatic carbocycles. The van der Waals surface area contributed by atoms with Gasteiger partial charge in [-0.1, -0.05) is 29.3 Å². The number of sulfone groups is 1. The van der Waals surface area contributed by atoms with Gasteiger partial charge in [-0.25, -0.2) is 8.42 Å². The van der Waals surface area contributed by atoms with Crippen molar-refractivity contribution in [3.63, 3.8) is 0 Å². The minimum atomic E-state index is -2.99. The molecule has 164 valence electrons. The van der Waals surface area contributed by atoms with Gasteiger partial charge < -0.3 is 16.0 Å². The highest BCUT2D eigenvalue weighted by molar-refractivity contribution is 14.0. The Morgan fingerprint density at radius 2 is 1.97 bits per heavy atom. The standard InChI is InChI=1S/C18H26Cl2N4O3S.HI/c1-21-18(22-8-2-3-13-4-5-14(19)11-16(13)20)23-9-6-17(25)24-15-7-10-28(26,27)12-15;/h4-5,11,15H,2-3,6-10,12H2,1H3,(H,24,25)(H2,21,22,23);1H. The zero-order valence-corrected chi connectivity index (χ0v) is 20.9. The number of guanidine groups is 1. The van der Waals surface area contributed by atoms with Crippen LogP contribution < -0.4 is 16.0 Å². The van der Waals surface area contributed by atoms with Crippen LogP contribution >= 0.6 is 47.2 Å². The van der Waals surface area contributed by atoms with Gasteiger partial charge in [0.15, 0.2) is 15.8 Å². The van der Waals surface area contributed by atoms with Gasteiger partial charge in [0.2, 0.25) is 5.91 Å². The minimum Gasteiger partial charge on any atom is -0.356 e. The Balaban J connectivity index is 0.00000420. The summed E-state index contributed by atoms with van der Waals surface area (Å²) in [6.07, 6.45) is 2.41. The highest BCUT2D eigenvalue weighted by Gasteiger charge is 2.28. The second-order valence-corrected chi connectivity index (χ2v) is 9.75. The van der Waals surface area contributed by atoms with E-state index in [1.807, 2.05) is 12.1 Å². The molecule has 3 N–H and O–H groups in total. The Morgan fingerprint density at radius 1 is 1.24 bits per heavy atom. The van der Waals surface area contributed by atoms with E-state index in [4.69, 9.17) is 23.2 Å². The van der Waals surface area contributed by atoms with Gasteiger partial charge in [-0.3, -0.25) is 9.79 Å². The molecule has 29 heavy (non-hydrogen) atoms. The number of benzene rings is 1. The minimum absolute atomic E-state index is 0. The molecule has 1 amide bonds. The van der Waals surface area contributed by atoms with Crippen molar-refractivity contribution in [1.29, 1.82) is 0 Å². The maximum Gasteiger partial charge on any atom is 0.222 e. The third kappa shape index (κ3) is 9.71. The van der Waals surface area contributed by atoms with Crippen LogP contribution in [-0.2, 0) is 21.1 Å². The topological polar surface area (TPSA) is 99.7 Å². The summed E-state index contributed by atoms with van der Waals surface area (Å²) in [4.78, 5) is 16.0. The summed E-state index contributed by atoms with van der Waals surface area (Å²) in [5.74, 6) is 0.627. The predicted molar refractivity (Wildman–Crippen MR) is 129 cm³/mol. The number of aryl methyl sites for hydroxylation is 1. The van der Waals surface area contributed by atoms with E-state index in [0.29, 0.717) is 35.5 Å². The predicted octanol–water partition coefficient (Wildman–Crippen LogP) is 2.40. The van der Waals surface area contributed by atoms with Gasteiger partial charge in [-0.2, -0.15) is 0 Å². The number of carbonyl (C=O) groups excluding carboxylic acids is 1. The van der Waals surface area contributed by atoms with Gasteiger partial charge in [0, 0.05) is 42.6 Å².